The van der Waals surface area contributed by atoms with E-state index in [2.05, 4.69) is 5.32 Å². The number of aliphatic carboxylic acids is 1. The third-order valence-electron chi connectivity index (χ3n) is 3.42. The topological polar surface area (TPSA) is 89.9 Å². The number of carboxylic acids is 1. The van der Waals surface area contributed by atoms with Crippen LogP contribution in [0.4, 0.5) is 4.79 Å². The van der Waals surface area contributed by atoms with E-state index in [1.54, 1.807) is 18.7 Å². The Kier molecular flexibility index (Phi) is 9.01. The zero-order valence-electron chi connectivity index (χ0n) is 13.7. The van der Waals surface area contributed by atoms with Gasteiger partial charge in [0.15, 0.2) is 0 Å². The number of nitrogens with zero attached hydrogens (tertiary/aromatic N) is 1. The average Bonchev–Trinajstić information content (AvgIpc) is 2.38. The summed E-state index contributed by atoms with van der Waals surface area (Å²) in [4.78, 5) is 24.1. The van der Waals surface area contributed by atoms with E-state index in [0.717, 1.165) is 12.8 Å². The summed E-state index contributed by atoms with van der Waals surface area (Å²) in [5, 5.41) is 21.3. The van der Waals surface area contributed by atoms with Crippen molar-refractivity contribution in [2.45, 2.75) is 59.0 Å². The molecule has 0 aromatic heterocycles. The van der Waals surface area contributed by atoms with E-state index in [0.29, 0.717) is 25.4 Å². The number of aliphatic hydroxyl groups is 1. The molecule has 0 saturated heterocycles. The lowest BCUT2D eigenvalue weighted by atomic mass is 9.97. The molecule has 0 aliphatic heterocycles. The van der Waals surface area contributed by atoms with Gasteiger partial charge in [-0.1, -0.05) is 13.3 Å². The molecule has 0 spiro atoms. The van der Waals surface area contributed by atoms with Crippen molar-refractivity contribution in [3.8, 4) is 0 Å². The number of urea groups is 1. The number of rotatable bonds is 10. The van der Waals surface area contributed by atoms with Gasteiger partial charge in [0.2, 0.25) is 0 Å². The standard InChI is InChI=1S/C15H30N2O4/c1-5-12(7-8-13(18)19)9-10-16-14(20)17(6-2)11-15(3,4)21/h12,21H,5-11H2,1-4H3,(H,16,20)(H,18,19). The molecule has 1 unspecified atom stereocenters. The van der Waals surface area contributed by atoms with Gasteiger partial charge < -0.3 is 20.4 Å². The summed E-state index contributed by atoms with van der Waals surface area (Å²) in [6.07, 6.45) is 2.50. The maximum Gasteiger partial charge on any atom is 0.317 e. The Morgan fingerprint density at radius 2 is 1.86 bits per heavy atom. The van der Waals surface area contributed by atoms with Gasteiger partial charge in [0.1, 0.15) is 0 Å². The van der Waals surface area contributed by atoms with Crippen LogP contribution >= 0.6 is 0 Å². The number of nitrogens with one attached hydrogen (secondary N) is 1. The van der Waals surface area contributed by atoms with Crippen LogP contribution in [0.2, 0.25) is 0 Å². The normalized spacial score (nSPS) is 12.8. The summed E-state index contributed by atoms with van der Waals surface area (Å²) >= 11 is 0. The van der Waals surface area contributed by atoms with E-state index < -0.39 is 11.6 Å². The van der Waals surface area contributed by atoms with Crippen LogP contribution in [0.3, 0.4) is 0 Å². The van der Waals surface area contributed by atoms with Crippen molar-refractivity contribution in [1.82, 2.24) is 10.2 Å². The SMILES string of the molecule is CCC(CCNC(=O)N(CC)CC(C)(C)O)CCC(=O)O. The number of hydrogen-bond donors (Lipinski definition) is 3. The van der Waals surface area contributed by atoms with Gasteiger partial charge in [-0.2, -0.15) is 0 Å². The highest BCUT2D eigenvalue weighted by Gasteiger charge is 2.21. The van der Waals surface area contributed by atoms with Crippen molar-refractivity contribution >= 4 is 12.0 Å². The first-order valence-corrected chi connectivity index (χ1v) is 7.66. The summed E-state index contributed by atoms with van der Waals surface area (Å²) in [5.41, 5.74) is -0.916. The van der Waals surface area contributed by atoms with Crippen molar-refractivity contribution in [3.05, 3.63) is 0 Å². The molecule has 0 aliphatic carbocycles. The smallest absolute Gasteiger partial charge is 0.317 e. The molecule has 6 nitrogen and oxygen atoms in total. The lowest BCUT2D eigenvalue weighted by molar-refractivity contribution is -0.137. The molecule has 1 atom stereocenters. The van der Waals surface area contributed by atoms with E-state index in [-0.39, 0.29) is 19.0 Å². The van der Waals surface area contributed by atoms with Crippen LogP contribution in [0.1, 0.15) is 53.4 Å². The lowest BCUT2D eigenvalue weighted by Crippen LogP contribution is -2.47. The van der Waals surface area contributed by atoms with Gasteiger partial charge in [-0.25, -0.2) is 4.79 Å². The van der Waals surface area contributed by atoms with Crippen LogP contribution in [0.5, 0.6) is 0 Å². The molecular weight excluding hydrogens is 272 g/mol. The fourth-order valence-electron chi connectivity index (χ4n) is 2.17. The van der Waals surface area contributed by atoms with Crippen LogP contribution < -0.4 is 5.32 Å². The van der Waals surface area contributed by atoms with Crippen molar-refractivity contribution < 1.29 is 19.8 Å². The van der Waals surface area contributed by atoms with Crippen molar-refractivity contribution in [2.75, 3.05) is 19.6 Å². The summed E-state index contributed by atoms with van der Waals surface area (Å²) in [5.74, 6) is -0.467. The van der Waals surface area contributed by atoms with E-state index >= 15 is 0 Å². The molecule has 0 aromatic rings. The van der Waals surface area contributed by atoms with Gasteiger partial charge in [-0.3, -0.25) is 4.79 Å². The third-order valence-corrected chi connectivity index (χ3v) is 3.42. The number of carbonyl (C=O) groups is 2. The monoisotopic (exact) mass is 302 g/mol. The van der Waals surface area contributed by atoms with E-state index in [4.69, 9.17) is 5.11 Å². The first kappa shape index (κ1) is 19.7. The van der Waals surface area contributed by atoms with Crippen LogP contribution in [0, 0.1) is 5.92 Å². The van der Waals surface area contributed by atoms with E-state index in [1.807, 2.05) is 13.8 Å². The number of carbonyl (C=O) groups excluding carboxylic acids is 1. The molecular formula is C15H30N2O4. The van der Waals surface area contributed by atoms with Crippen LogP contribution in [-0.4, -0.2) is 52.3 Å². The van der Waals surface area contributed by atoms with Gasteiger partial charge in [0.25, 0.3) is 0 Å². The van der Waals surface area contributed by atoms with Crippen LogP contribution in [0.15, 0.2) is 0 Å². The Hall–Kier alpha value is -1.30. The van der Waals surface area contributed by atoms with E-state index in [9.17, 15) is 14.7 Å². The number of amides is 2. The minimum atomic E-state index is -0.916. The fraction of sp³-hybridized carbons (Fsp3) is 0.867. The molecule has 0 rings (SSSR count). The summed E-state index contributed by atoms with van der Waals surface area (Å²) in [6.45, 7) is 8.58. The predicted molar refractivity (Wildman–Crippen MR) is 82.2 cm³/mol. The Bertz CT molecular complexity index is 326. The quantitative estimate of drug-likeness (QED) is 0.576. The molecule has 6 heteroatoms. The predicted octanol–water partition coefficient (Wildman–Crippen LogP) is 2.07. The molecule has 0 heterocycles. The van der Waals surface area contributed by atoms with Gasteiger partial charge in [-0.15, -0.1) is 0 Å². The first-order valence-electron chi connectivity index (χ1n) is 7.66. The van der Waals surface area contributed by atoms with Gasteiger partial charge in [0, 0.05) is 19.5 Å². The fourth-order valence-corrected chi connectivity index (χ4v) is 2.17. The molecule has 124 valence electrons. The highest BCUT2D eigenvalue weighted by molar-refractivity contribution is 5.74. The maximum absolute atomic E-state index is 12.0. The second-order valence-electron chi connectivity index (χ2n) is 6.05. The highest BCUT2D eigenvalue weighted by atomic mass is 16.4. The summed E-state index contributed by atoms with van der Waals surface area (Å²) in [7, 11) is 0. The maximum atomic E-state index is 12.0. The summed E-state index contributed by atoms with van der Waals surface area (Å²) in [6, 6.07) is -0.187. The molecule has 0 saturated carbocycles. The van der Waals surface area contributed by atoms with Crippen LogP contribution in [0.25, 0.3) is 0 Å². The van der Waals surface area contributed by atoms with Gasteiger partial charge in [0.05, 0.1) is 12.1 Å². The van der Waals surface area contributed by atoms with Gasteiger partial charge in [-0.05, 0) is 39.5 Å². The molecule has 0 bridgehead atoms. The number of hydrogen-bond acceptors (Lipinski definition) is 3. The van der Waals surface area contributed by atoms with Crippen molar-refractivity contribution in [3.63, 3.8) is 0 Å². The largest absolute Gasteiger partial charge is 0.481 e. The molecule has 2 amide bonds. The second kappa shape index (κ2) is 9.60. The minimum Gasteiger partial charge on any atom is -0.481 e. The van der Waals surface area contributed by atoms with Crippen molar-refractivity contribution in [2.24, 2.45) is 5.92 Å². The molecule has 0 radical (unpaired) electrons. The molecule has 0 fully saturated rings. The lowest BCUT2D eigenvalue weighted by Gasteiger charge is -2.28. The molecule has 3 N–H and O–H groups in total. The third kappa shape index (κ3) is 10.1. The second-order valence-corrected chi connectivity index (χ2v) is 6.05. The summed E-state index contributed by atoms with van der Waals surface area (Å²) < 4.78 is 0. The van der Waals surface area contributed by atoms with E-state index in [1.165, 1.54) is 0 Å². The van der Waals surface area contributed by atoms with Crippen LogP contribution in [-0.2, 0) is 4.79 Å². The Balaban J connectivity index is 4.12. The minimum absolute atomic E-state index is 0.173. The first-order chi connectivity index (χ1) is 9.69. The Labute approximate surface area is 127 Å². The Morgan fingerprint density at radius 1 is 1.24 bits per heavy atom. The molecule has 21 heavy (non-hydrogen) atoms. The number of carboxylic acid groups (broad SMARTS) is 1. The zero-order chi connectivity index (χ0) is 16.5. The zero-order valence-corrected chi connectivity index (χ0v) is 13.7. The molecule has 0 aromatic carbocycles. The highest BCUT2D eigenvalue weighted by Crippen LogP contribution is 2.14. The average molecular weight is 302 g/mol. The Morgan fingerprint density at radius 3 is 2.29 bits per heavy atom. The van der Waals surface area contributed by atoms with Crippen molar-refractivity contribution in [1.29, 1.82) is 0 Å². The number of likely N-dealkylation sites (N-methyl/N-ethyl adjacent to an activating group) is 1. The van der Waals surface area contributed by atoms with Gasteiger partial charge >= 0.3 is 12.0 Å². The molecule has 0 aliphatic rings.